The van der Waals surface area contributed by atoms with E-state index in [0.29, 0.717) is 50.6 Å². The van der Waals surface area contributed by atoms with E-state index in [1.807, 2.05) is 0 Å². The predicted molar refractivity (Wildman–Crippen MR) is 124 cm³/mol. The van der Waals surface area contributed by atoms with Crippen molar-refractivity contribution >= 4 is 33.2 Å². The predicted octanol–water partition coefficient (Wildman–Crippen LogP) is 3.96. The van der Waals surface area contributed by atoms with E-state index in [0.717, 1.165) is 17.7 Å². The normalized spacial score (nSPS) is 20.7. The van der Waals surface area contributed by atoms with Crippen LogP contribution < -0.4 is 15.4 Å². The SMILES string of the molecule is O=C1CCCc2cc(S(=O)(=O)NCC3CCC(C(=O)Nc4ccc(F)cc4F)CC3)ccc2N1. The van der Waals surface area contributed by atoms with Crippen molar-refractivity contribution in [1.82, 2.24) is 4.72 Å². The fraction of sp³-hybridized carbons (Fsp3) is 0.417. The van der Waals surface area contributed by atoms with Crippen molar-refractivity contribution in [3.05, 3.63) is 53.6 Å². The quantitative estimate of drug-likeness (QED) is 0.569. The molecule has 2 aromatic carbocycles. The molecule has 4 rings (SSSR count). The van der Waals surface area contributed by atoms with E-state index < -0.39 is 21.7 Å². The lowest BCUT2D eigenvalue weighted by Crippen LogP contribution is -2.33. The summed E-state index contributed by atoms with van der Waals surface area (Å²) in [5.74, 6) is -2.15. The van der Waals surface area contributed by atoms with Gasteiger partial charge in [-0.25, -0.2) is 21.9 Å². The zero-order valence-corrected chi connectivity index (χ0v) is 19.4. The number of aryl methyl sites for hydroxylation is 1. The molecule has 34 heavy (non-hydrogen) atoms. The van der Waals surface area contributed by atoms with Gasteiger partial charge in [-0.3, -0.25) is 9.59 Å². The number of carbonyl (C=O) groups is 2. The highest BCUT2D eigenvalue weighted by Crippen LogP contribution is 2.30. The number of nitrogens with one attached hydrogen (secondary N) is 3. The molecule has 182 valence electrons. The zero-order valence-electron chi connectivity index (χ0n) is 18.6. The summed E-state index contributed by atoms with van der Waals surface area (Å²) in [7, 11) is -3.71. The Kier molecular flexibility index (Phi) is 7.27. The van der Waals surface area contributed by atoms with E-state index in [9.17, 15) is 26.8 Å². The van der Waals surface area contributed by atoms with Crippen LogP contribution in [0.25, 0.3) is 0 Å². The van der Waals surface area contributed by atoms with Crippen LogP contribution >= 0.6 is 0 Å². The molecule has 0 atom stereocenters. The van der Waals surface area contributed by atoms with Gasteiger partial charge in [0.2, 0.25) is 21.8 Å². The largest absolute Gasteiger partial charge is 0.326 e. The molecule has 3 N–H and O–H groups in total. The molecular formula is C24H27F2N3O4S. The highest BCUT2D eigenvalue weighted by molar-refractivity contribution is 7.89. The summed E-state index contributed by atoms with van der Waals surface area (Å²) in [5, 5.41) is 5.31. The molecule has 1 aliphatic heterocycles. The van der Waals surface area contributed by atoms with Crippen LogP contribution in [0.15, 0.2) is 41.3 Å². The van der Waals surface area contributed by atoms with Gasteiger partial charge in [-0.2, -0.15) is 0 Å². The fourth-order valence-corrected chi connectivity index (χ4v) is 5.65. The molecule has 0 bridgehead atoms. The highest BCUT2D eigenvalue weighted by Gasteiger charge is 2.28. The first-order chi connectivity index (χ1) is 16.2. The molecule has 0 saturated heterocycles. The van der Waals surface area contributed by atoms with Crippen molar-refractivity contribution in [2.45, 2.75) is 49.8 Å². The third-order valence-corrected chi connectivity index (χ3v) is 7.90. The summed E-state index contributed by atoms with van der Waals surface area (Å²) in [6.07, 6.45) is 4.13. The Hall–Kier alpha value is -2.85. The van der Waals surface area contributed by atoms with Crippen molar-refractivity contribution in [2.75, 3.05) is 17.2 Å². The summed E-state index contributed by atoms with van der Waals surface area (Å²) >= 11 is 0. The van der Waals surface area contributed by atoms with Crippen molar-refractivity contribution in [2.24, 2.45) is 11.8 Å². The Morgan fingerprint density at radius 1 is 1.03 bits per heavy atom. The van der Waals surface area contributed by atoms with Crippen LogP contribution in [0, 0.1) is 23.5 Å². The average Bonchev–Trinajstić information content (AvgIpc) is 2.99. The molecule has 7 nitrogen and oxygen atoms in total. The van der Waals surface area contributed by atoms with E-state index in [4.69, 9.17) is 0 Å². The van der Waals surface area contributed by atoms with Crippen molar-refractivity contribution in [3.8, 4) is 0 Å². The zero-order chi connectivity index (χ0) is 24.3. The number of benzene rings is 2. The van der Waals surface area contributed by atoms with Gasteiger partial charge < -0.3 is 10.6 Å². The van der Waals surface area contributed by atoms with Crippen LogP contribution in [-0.4, -0.2) is 26.8 Å². The Morgan fingerprint density at radius 3 is 2.53 bits per heavy atom. The summed E-state index contributed by atoms with van der Waals surface area (Å²) in [6.45, 7) is 0.261. The van der Waals surface area contributed by atoms with Crippen molar-refractivity contribution in [1.29, 1.82) is 0 Å². The summed E-state index contributed by atoms with van der Waals surface area (Å²) < 4.78 is 55.1. The van der Waals surface area contributed by atoms with Crippen LogP contribution in [0.2, 0.25) is 0 Å². The molecule has 2 amide bonds. The number of rotatable bonds is 6. The molecule has 0 aromatic heterocycles. The van der Waals surface area contributed by atoms with Gasteiger partial charge in [-0.15, -0.1) is 0 Å². The highest BCUT2D eigenvalue weighted by atomic mass is 32.2. The maximum atomic E-state index is 13.8. The second-order valence-electron chi connectivity index (χ2n) is 8.90. The fourth-order valence-electron chi connectivity index (χ4n) is 4.48. The lowest BCUT2D eigenvalue weighted by Gasteiger charge is -2.28. The number of hydrogen-bond acceptors (Lipinski definition) is 4. The van der Waals surface area contributed by atoms with Crippen molar-refractivity contribution in [3.63, 3.8) is 0 Å². The van der Waals surface area contributed by atoms with E-state index >= 15 is 0 Å². The van der Waals surface area contributed by atoms with Crippen LogP contribution in [0.3, 0.4) is 0 Å². The van der Waals surface area contributed by atoms with Gasteiger partial charge in [0, 0.05) is 30.6 Å². The molecular weight excluding hydrogens is 464 g/mol. The maximum absolute atomic E-state index is 13.8. The summed E-state index contributed by atoms with van der Waals surface area (Å²) in [5.41, 5.74) is 1.40. The van der Waals surface area contributed by atoms with Crippen LogP contribution in [0.1, 0.15) is 44.1 Å². The smallest absolute Gasteiger partial charge is 0.240 e. The minimum Gasteiger partial charge on any atom is -0.326 e. The number of fused-ring (bicyclic) bond motifs is 1. The lowest BCUT2D eigenvalue weighted by molar-refractivity contribution is -0.121. The van der Waals surface area contributed by atoms with Gasteiger partial charge >= 0.3 is 0 Å². The number of anilines is 2. The number of carbonyl (C=O) groups excluding carboxylic acids is 2. The average molecular weight is 492 g/mol. The minimum absolute atomic E-state index is 0.0541. The van der Waals surface area contributed by atoms with Crippen molar-refractivity contribution < 1.29 is 26.8 Å². The lowest BCUT2D eigenvalue weighted by atomic mass is 9.81. The Morgan fingerprint density at radius 2 is 1.79 bits per heavy atom. The van der Waals surface area contributed by atoms with Gasteiger partial charge in [-0.1, -0.05) is 0 Å². The first-order valence-electron chi connectivity index (χ1n) is 11.4. The van der Waals surface area contributed by atoms with Gasteiger partial charge in [0.25, 0.3) is 0 Å². The Balaban J connectivity index is 1.29. The number of amides is 2. The molecule has 1 saturated carbocycles. The number of sulfonamides is 1. The molecule has 2 aliphatic rings. The van der Waals surface area contributed by atoms with Gasteiger partial charge in [0.05, 0.1) is 10.6 Å². The van der Waals surface area contributed by atoms with Crippen LogP contribution in [-0.2, 0) is 26.0 Å². The molecule has 1 fully saturated rings. The Labute approximate surface area is 197 Å². The third-order valence-electron chi connectivity index (χ3n) is 6.48. The van der Waals surface area contributed by atoms with E-state index in [-0.39, 0.29) is 40.8 Å². The molecule has 2 aromatic rings. The van der Waals surface area contributed by atoms with Crippen LogP contribution in [0.4, 0.5) is 20.2 Å². The maximum Gasteiger partial charge on any atom is 0.240 e. The van der Waals surface area contributed by atoms with Gasteiger partial charge in [-0.05, 0) is 80.3 Å². The van der Waals surface area contributed by atoms with E-state index in [1.54, 1.807) is 12.1 Å². The van der Waals surface area contributed by atoms with Gasteiger partial charge in [0.15, 0.2) is 0 Å². The van der Waals surface area contributed by atoms with Crippen LogP contribution in [0.5, 0.6) is 0 Å². The number of halogens is 2. The van der Waals surface area contributed by atoms with Gasteiger partial charge in [0.1, 0.15) is 11.6 Å². The van der Waals surface area contributed by atoms with E-state index in [2.05, 4.69) is 15.4 Å². The first-order valence-corrected chi connectivity index (χ1v) is 12.9. The Bertz CT molecular complexity index is 1190. The summed E-state index contributed by atoms with van der Waals surface area (Å²) in [6, 6.07) is 7.72. The standard InChI is InChI=1S/C24H27F2N3O4S/c25-18-8-10-22(20(26)13-18)29-24(31)16-6-4-15(5-7-16)14-27-34(32,33)19-9-11-21-17(12-19)2-1-3-23(30)28-21/h8-13,15-16,27H,1-7,14H2,(H,28,30)(H,29,31). The molecule has 1 heterocycles. The molecule has 0 spiro atoms. The second-order valence-corrected chi connectivity index (χ2v) is 10.7. The molecule has 0 radical (unpaired) electrons. The molecule has 1 aliphatic carbocycles. The second kappa shape index (κ2) is 10.2. The minimum atomic E-state index is -3.71. The topological polar surface area (TPSA) is 104 Å². The summed E-state index contributed by atoms with van der Waals surface area (Å²) in [4.78, 5) is 24.3. The molecule has 0 unspecified atom stereocenters. The first kappa shape index (κ1) is 24.3. The third kappa shape index (κ3) is 5.79. The van der Waals surface area contributed by atoms with E-state index in [1.165, 1.54) is 12.1 Å². The number of hydrogen-bond donors (Lipinski definition) is 3. The monoisotopic (exact) mass is 491 g/mol. The molecule has 10 heteroatoms.